The SMILES string of the molecule is CCCc1nc(N)nc(-c2cccc(OC)c2)n1. The highest BCUT2D eigenvalue weighted by Crippen LogP contribution is 2.21. The lowest BCUT2D eigenvalue weighted by Crippen LogP contribution is -2.04. The molecular formula is C13H16N4O. The van der Waals surface area contributed by atoms with Crippen LogP contribution >= 0.6 is 0 Å². The first-order valence-corrected chi connectivity index (χ1v) is 5.87. The summed E-state index contributed by atoms with van der Waals surface area (Å²) in [4.78, 5) is 12.7. The number of rotatable bonds is 4. The third kappa shape index (κ3) is 2.74. The number of aryl methyl sites for hydroxylation is 1. The number of anilines is 1. The molecule has 0 spiro atoms. The topological polar surface area (TPSA) is 73.9 Å². The largest absolute Gasteiger partial charge is 0.497 e. The number of hydrogen-bond donors (Lipinski definition) is 1. The molecule has 18 heavy (non-hydrogen) atoms. The van der Waals surface area contributed by atoms with E-state index in [0.717, 1.165) is 30.0 Å². The van der Waals surface area contributed by atoms with Crippen LogP contribution in [0.4, 0.5) is 5.95 Å². The molecule has 94 valence electrons. The second-order valence-corrected chi connectivity index (χ2v) is 3.92. The van der Waals surface area contributed by atoms with Crippen molar-refractivity contribution in [3.8, 4) is 17.1 Å². The number of aromatic nitrogens is 3. The van der Waals surface area contributed by atoms with Crippen molar-refractivity contribution in [3.63, 3.8) is 0 Å². The predicted octanol–water partition coefficient (Wildman–Crippen LogP) is 2.08. The van der Waals surface area contributed by atoms with Crippen molar-refractivity contribution in [1.82, 2.24) is 15.0 Å². The van der Waals surface area contributed by atoms with E-state index in [1.165, 1.54) is 0 Å². The number of methoxy groups -OCH3 is 1. The quantitative estimate of drug-likeness (QED) is 0.891. The van der Waals surface area contributed by atoms with Gasteiger partial charge in [0.15, 0.2) is 5.82 Å². The molecule has 5 heteroatoms. The summed E-state index contributed by atoms with van der Waals surface area (Å²) in [6.07, 6.45) is 1.77. The van der Waals surface area contributed by atoms with Crippen molar-refractivity contribution in [3.05, 3.63) is 30.1 Å². The standard InChI is InChI=1S/C13H16N4O/c1-3-5-11-15-12(17-13(14)16-11)9-6-4-7-10(8-9)18-2/h4,6-8H,3,5H2,1-2H3,(H2,14,15,16,17). The maximum Gasteiger partial charge on any atom is 0.223 e. The summed E-state index contributed by atoms with van der Waals surface area (Å²) in [6, 6.07) is 7.58. The van der Waals surface area contributed by atoms with Gasteiger partial charge in [-0.25, -0.2) is 4.98 Å². The third-order valence-electron chi connectivity index (χ3n) is 2.50. The number of hydrogen-bond acceptors (Lipinski definition) is 5. The van der Waals surface area contributed by atoms with Crippen LogP contribution < -0.4 is 10.5 Å². The van der Waals surface area contributed by atoms with Crippen molar-refractivity contribution in [2.75, 3.05) is 12.8 Å². The fourth-order valence-corrected chi connectivity index (χ4v) is 1.66. The van der Waals surface area contributed by atoms with E-state index in [4.69, 9.17) is 10.5 Å². The van der Waals surface area contributed by atoms with Crippen LogP contribution in [0.2, 0.25) is 0 Å². The number of benzene rings is 1. The van der Waals surface area contributed by atoms with Crippen LogP contribution in [0.15, 0.2) is 24.3 Å². The predicted molar refractivity (Wildman–Crippen MR) is 70.2 cm³/mol. The van der Waals surface area contributed by atoms with E-state index in [0.29, 0.717) is 5.82 Å². The Morgan fingerprint density at radius 2 is 2.06 bits per heavy atom. The highest BCUT2D eigenvalue weighted by atomic mass is 16.5. The molecule has 2 aromatic rings. The van der Waals surface area contributed by atoms with Crippen LogP contribution in [-0.2, 0) is 6.42 Å². The molecule has 2 N–H and O–H groups in total. The summed E-state index contributed by atoms with van der Waals surface area (Å²) in [6.45, 7) is 2.07. The minimum absolute atomic E-state index is 0.256. The molecule has 1 heterocycles. The normalized spacial score (nSPS) is 10.3. The summed E-state index contributed by atoms with van der Waals surface area (Å²) in [7, 11) is 1.63. The Labute approximate surface area is 106 Å². The highest BCUT2D eigenvalue weighted by Gasteiger charge is 2.07. The molecule has 0 fully saturated rings. The van der Waals surface area contributed by atoms with Crippen LogP contribution in [0.5, 0.6) is 5.75 Å². The smallest absolute Gasteiger partial charge is 0.223 e. The Bertz CT molecular complexity index is 542. The van der Waals surface area contributed by atoms with Crippen molar-refractivity contribution in [2.45, 2.75) is 19.8 Å². The molecule has 0 saturated heterocycles. The lowest BCUT2D eigenvalue weighted by Gasteiger charge is -2.05. The van der Waals surface area contributed by atoms with Gasteiger partial charge >= 0.3 is 0 Å². The van der Waals surface area contributed by atoms with Gasteiger partial charge in [-0.05, 0) is 18.6 Å². The molecular weight excluding hydrogens is 228 g/mol. The number of nitrogen functional groups attached to an aromatic ring is 1. The Kier molecular flexibility index (Phi) is 3.72. The van der Waals surface area contributed by atoms with E-state index >= 15 is 0 Å². The minimum Gasteiger partial charge on any atom is -0.497 e. The van der Waals surface area contributed by atoms with Gasteiger partial charge in [0.25, 0.3) is 0 Å². The Balaban J connectivity index is 2.42. The number of ether oxygens (including phenoxy) is 1. The molecule has 0 amide bonds. The van der Waals surface area contributed by atoms with Crippen LogP contribution in [0.1, 0.15) is 19.2 Å². The molecule has 0 unspecified atom stereocenters. The zero-order valence-corrected chi connectivity index (χ0v) is 10.6. The van der Waals surface area contributed by atoms with Gasteiger partial charge in [-0.1, -0.05) is 19.1 Å². The summed E-state index contributed by atoms with van der Waals surface area (Å²) in [5.74, 6) is 2.34. The van der Waals surface area contributed by atoms with Gasteiger partial charge in [-0.2, -0.15) is 9.97 Å². The molecule has 0 aliphatic rings. The van der Waals surface area contributed by atoms with Gasteiger partial charge in [-0.3, -0.25) is 0 Å². The van der Waals surface area contributed by atoms with E-state index in [1.807, 2.05) is 24.3 Å². The second kappa shape index (κ2) is 5.44. The van der Waals surface area contributed by atoms with Gasteiger partial charge in [0.05, 0.1) is 7.11 Å². The maximum absolute atomic E-state index is 5.70. The first-order chi connectivity index (χ1) is 8.72. The van der Waals surface area contributed by atoms with Crippen LogP contribution in [0.3, 0.4) is 0 Å². The molecule has 5 nitrogen and oxygen atoms in total. The number of nitrogens with two attached hydrogens (primary N) is 1. The Morgan fingerprint density at radius 1 is 1.22 bits per heavy atom. The molecule has 2 rings (SSSR count). The van der Waals surface area contributed by atoms with Crippen LogP contribution in [0.25, 0.3) is 11.4 Å². The number of nitrogens with zero attached hydrogens (tertiary/aromatic N) is 3. The molecule has 0 saturated carbocycles. The lowest BCUT2D eigenvalue weighted by atomic mass is 10.2. The van der Waals surface area contributed by atoms with Crippen LogP contribution in [-0.4, -0.2) is 22.1 Å². The average Bonchev–Trinajstić information content (AvgIpc) is 2.38. The second-order valence-electron chi connectivity index (χ2n) is 3.92. The van der Waals surface area contributed by atoms with Crippen molar-refractivity contribution < 1.29 is 4.74 Å². The van der Waals surface area contributed by atoms with Crippen molar-refractivity contribution in [2.24, 2.45) is 0 Å². The summed E-state index contributed by atoms with van der Waals surface area (Å²) >= 11 is 0. The maximum atomic E-state index is 5.70. The summed E-state index contributed by atoms with van der Waals surface area (Å²) in [5, 5.41) is 0. The van der Waals surface area contributed by atoms with Crippen molar-refractivity contribution in [1.29, 1.82) is 0 Å². The van der Waals surface area contributed by atoms with Gasteiger partial charge in [0.1, 0.15) is 11.6 Å². The molecule has 0 aliphatic heterocycles. The first kappa shape index (κ1) is 12.3. The van der Waals surface area contributed by atoms with E-state index in [-0.39, 0.29) is 5.95 Å². The molecule has 1 aromatic heterocycles. The fourth-order valence-electron chi connectivity index (χ4n) is 1.66. The monoisotopic (exact) mass is 244 g/mol. The summed E-state index contributed by atoms with van der Waals surface area (Å²) < 4.78 is 5.18. The lowest BCUT2D eigenvalue weighted by molar-refractivity contribution is 0.415. The Hall–Kier alpha value is -2.17. The average molecular weight is 244 g/mol. The van der Waals surface area contributed by atoms with Crippen molar-refractivity contribution >= 4 is 5.95 Å². The van der Waals surface area contributed by atoms with Gasteiger partial charge in [0, 0.05) is 12.0 Å². The van der Waals surface area contributed by atoms with Gasteiger partial charge < -0.3 is 10.5 Å². The third-order valence-corrected chi connectivity index (χ3v) is 2.50. The van der Waals surface area contributed by atoms with E-state index in [9.17, 15) is 0 Å². The summed E-state index contributed by atoms with van der Waals surface area (Å²) in [5.41, 5.74) is 6.58. The zero-order valence-electron chi connectivity index (χ0n) is 10.6. The molecule has 0 bridgehead atoms. The molecule has 0 aliphatic carbocycles. The highest BCUT2D eigenvalue weighted by molar-refractivity contribution is 5.58. The first-order valence-electron chi connectivity index (χ1n) is 5.87. The fraction of sp³-hybridized carbons (Fsp3) is 0.308. The molecule has 0 radical (unpaired) electrons. The van der Waals surface area contributed by atoms with E-state index in [1.54, 1.807) is 7.11 Å². The molecule has 0 atom stereocenters. The van der Waals surface area contributed by atoms with E-state index < -0.39 is 0 Å². The Morgan fingerprint density at radius 3 is 2.78 bits per heavy atom. The zero-order chi connectivity index (χ0) is 13.0. The van der Waals surface area contributed by atoms with Gasteiger partial charge in [-0.15, -0.1) is 0 Å². The minimum atomic E-state index is 0.256. The van der Waals surface area contributed by atoms with E-state index in [2.05, 4.69) is 21.9 Å². The van der Waals surface area contributed by atoms with Gasteiger partial charge in [0.2, 0.25) is 5.95 Å². The van der Waals surface area contributed by atoms with Crippen LogP contribution in [0, 0.1) is 0 Å². The molecule has 1 aromatic carbocycles.